The largest absolute Gasteiger partial charge is 0.504 e. The first kappa shape index (κ1) is 12.1. The summed E-state index contributed by atoms with van der Waals surface area (Å²) < 4.78 is 3.89. The van der Waals surface area contributed by atoms with Crippen molar-refractivity contribution in [3.05, 3.63) is 23.5 Å². The predicted molar refractivity (Wildman–Crippen MR) is 64.0 cm³/mol. The lowest BCUT2D eigenvalue weighted by Crippen LogP contribution is -2.11. The van der Waals surface area contributed by atoms with Crippen LogP contribution < -0.4 is 5.32 Å². The Morgan fingerprint density at radius 1 is 1.28 bits per heavy atom. The third-order valence-electron chi connectivity index (χ3n) is 2.08. The summed E-state index contributed by atoms with van der Waals surface area (Å²) in [6.07, 6.45) is 0. The second-order valence-corrected chi connectivity index (χ2v) is 4.22. The van der Waals surface area contributed by atoms with E-state index in [9.17, 15) is 15.0 Å². The summed E-state index contributed by atoms with van der Waals surface area (Å²) in [5.41, 5.74) is -0.00402. The molecule has 0 unspecified atom stereocenters. The Kier molecular flexibility index (Phi) is 3.02. The Hall–Kier alpha value is -2.35. The smallest absolute Gasteiger partial charge is 0.257 e. The Bertz CT molecular complexity index is 588. The number of hydrogen-bond donors (Lipinski definition) is 4. The van der Waals surface area contributed by atoms with Gasteiger partial charge in [-0.15, -0.1) is 0 Å². The van der Waals surface area contributed by atoms with Crippen LogP contribution in [0.25, 0.3) is 0 Å². The van der Waals surface area contributed by atoms with Crippen molar-refractivity contribution in [3.8, 4) is 17.2 Å². The minimum absolute atomic E-state index is 0.00402. The van der Waals surface area contributed by atoms with E-state index in [2.05, 4.69) is 14.7 Å². The Morgan fingerprint density at radius 2 is 1.89 bits per heavy atom. The Labute approximate surface area is 106 Å². The van der Waals surface area contributed by atoms with Crippen LogP contribution in [0.3, 0.4) is 0 Å². The first-order valence-electron chi connectivity index (χ1n) is 4.84. The second-order valence-electron chi connectivity index (χ2n) is 3.46. The third kappa shape index (κ3) is 2.33. The molecule has 0 atom stereocenters. The van der Waals surface area contributed by atoms with E-state index in [1.807, 2.05) is 0 Å². The number of aromatic nitrogens is 2. The van der Waals surface area contributed by atoms with Crippen molar-refractivity contribution in [2.24, 2.45) is 0 Å². The van der Waals surface area contributed by atoms with Crippen molar-refractivity contribution >= 4 is 22.6 Å². The number of phenolic OH excluding ortho intramolecular Hbond substituents is 3. The molecule has 0 fully saturated rings. The van der Waals surface area contributed by atoms with Crippen molar-refractivity contribution in [2.75, 3.05) is 5.32 Å². The molecule has 4 N–H and O–H groups in total. The second kappa shape index (κ2) is 4.49. The third-order valence-corrected chi connectivity index (χ3v) is 2.80. The summed E-state index contributed by atoms with van der Waals surface area (Å²) in [6.45, 7) is 1.68. The molecule has 8 heteroatoms. The highest BCUT2D eigenvalue weighted by Crippen LogP contribution is 2.35. The fraction of sp³-hybridized carbons (Fsp3) is 0.100. The van der Waals surface area contributed by atoms with Crippen LogP contribution in [0.2, 0.25) is 0 Å². The average Bonchev–Trinajstić information content (AvgIpc) is 2.71. The van der Waals surface area contributed by atoms with Gasteiger partial charge in [0.05, 0.1) is 0 Å². The number of aryl methyl sites for hydroxylation is 1. The molecule has 7 nitrogen and oxygen atoms in total. The number of aromatic hydroxyl groups is 3. The number of amides is 1. The molecule has 0 aliphatic carbocycles. The van der Waals surface area contributed by atoms with Gasteiger partial charge in [0.2, 0.25) is 5.13 Å². The van der Waals surface area contributed by atoms with E-state index >= 15 is 0 Å². The molecule has 0 aliphatic heterocycles. The van der Waals surface area contributed by atoms with Crippen molar-refractivity contribution < 1.29 is 20.1 Å². The summed E-state index contributed by atoms with van der Waals surface area (Å²) >= 11 is 1.02. The van der Waals surface area contributed by atoms with Gasteiger partial charge in [0.15, 0.2) is 17.2 Å². The highest BCUT2D eigenvalue weighted by molar-refractivity contribution is 7.09. The van der Waals surface area contributed by atoms with E-state index in [0.29, 0.717) is 11.0 Å². The molecule has 0 saturated heterocycles. The van der Waals surface area contributed by atoms with Gasteiger partial charge >= 0.3 is 0 Å². The van der Waals surface area contributed by atoms with Crippen LogP contribution in [0.5, 0.6) is 17.2 Å². The summed E-state index contributed by atoms with van der Waals surface area (Å²) in [6, 6.07) is 2.08. The number of carbonyl (C=O) groups excluding carboxylic acids is 1. The van der Waals surface area contributed by atoms with Crippen LogP contribution in [-0.4, -0.2) is 30.6 Å². The van der Waals surface area contributed by atoms with E-state index in [4.69, 9.17) is 5.11 Å². The predicted octanol–water partition coefficient (Wildman–Crippen LogP) is 1.22. The van der Waals surface area contributed by atoms with E-state index in [1.165, 1.54) is 0 Å². The average molecular weight is 267 g/mol. The Morgan fingerprint density at radius 3 is 2.39 bits per heavy atom. The lowest BCUT2D eigenvalue weighted by Gasteiger charge is -2.05. The first-order chi connectivity index (χ1) is 8.47. The summed E-state index contributed by atoms with van der Waals surface area (Å²) in [5.74, 6) is -1.86. The van der Waals surface area contributed by atoms with Crippen LogP contribution in [-0.2, 0) is 0 Å². The molecule has 1 heterocycles. The summed E-state index contributed by atoms with van der Waals surface area (Å²) in [7, 11) is 0. The Balaban J connectivity index is 2.24. The van der Waals surface area contributed by atoms with Gasteiger partial charge in [0, 0.05) is 17.1 Å². The molecule has 1 aromatic carbocycles. The lowest BCUT2D eigenvalue weighted by atomic mass is 10.1. The molecule has 0 radical (unpaired) electrons. The van der Waals surface area contributed by atoms with Crippen LogP contribution in [0.4, 0.5) is 5.13 Å². The lowest BCUT2D eigenvalue weighted by molar-refractivity contribution is 0.102. The maximum Gasteiger partial charge on any atom is 0.257 e. The summed E-state index contributed by atoms with van der Waals surface area (Å²) in [5, 5.41) is 30.5. The quantitative estimate of drug-likeness (QED) is 0.608. The molecule has 2 aromatic rings. The van der Waals surface area contributed by atoms with E-state index in [-0.39, 0.29) is 5.56 Å². The topological polar surface area (TPSA) is 116 Å². The molecule has 1 amide bonds. The molecule has 2 rings (SSSR count). The van der Waals surface area contributed by atoms with Crippen LogP contribution >= 0.6 is 11.5 Å². The van der Waals surface area contributed by atoms with Gasteiger partial charge in [-0.1, -0.05) is 0 Å². The molecular formula is C10H9N3O4S. The number of nitrogens with one attached hydrogen (secondary N) is 1. The van der Waals surface area contributed by atoms with E-state index in [1.54, 1.807) is 6.92 Å². The highest BCUT2D eigenvalue weighted by Gasteiger charge is 2.14. The number of anilines is 1. The zero-order valence-electron chi connectivity index (χ0n) is 9.21. The maximum atomic E-state index is 11.8. The molecule has 0 saturated carbocycles. The highest BCUT2D eigenvalue weighted by atomic mass is 32.1. The first-order valence-corrected chi connectivity index (χ1v) is 5.61. The van der Waals surface area contributed by atoms with Crippen molar-refractivity contribution in [2.45, 2.75) is 6.92 Å². The standard InChI is InChI=1S/C10H9N3O4S/c1-4-11-10(18-13-4)12-9(17)5-2-6(14)8(16)7(15)3-5/h2-3,14-16H,1H3,(H,11,12,13,17). The zero-order valence-corrected chi connectivity index (χ0v) is 10.0. The van der Waals surface area contributed by atoms with Crippen LogP contribution in [0, 0.1) is 6.92 Å². The number of benzene rings is 1. The fourth-order valence-corrected chi connectivity index (χ4v) is 1.82. The van der Waals surface area contributed by atoms with Gasteiger partial charge in [-0.3, -0.25) is 10.1 Å². The monoisotopic (exact) mass is 267 g/mol. The molecule has 0 spiro atoms. The van der Waals surface area contributed by atoms with Gasteiger partial charge in [0.25, 0.3) is 5.91 Å². The van der Waals surface area contributed by atoms with Crippen molar-refractivity contribution in [1.29, 1.82) is 0 Å². The van der Waals surface area contributed by atoms with Gasteiger partial charge in [-0.2, -0.15) is 4.37 Å². The SMILES string of the molecule is Cc1nsc(NC(=O)c2cc(O)c(O)c(O)c2)n1. The molecule has 0 bridgehead atoms. The number of carbonyl (C=O) groups is 1. The van der Waals surface area contributed by atoms with Gasteiger partial charge in [-0.25, -0.2) is 4.98 Å². The molecule has 0 aliphatic rings. The minimum atomic E-state index is -0.668. The van der Waals surface area contributed by atoms with Crippen molar-refractivity contribution in [3.63, 3.8) is 0 Å². The van der Waals surface area contributed by atoms with Crippen LogP contribution in [0.15, 0.2) is 12.1 Å². The number of phenols is 3. The van der Waals surface area contributed by atoms with Crippen LogP contribution in [0.1, 0.15) is 16.2 Å². The number of hydrogen-bond acceptors (Lipinski definition) is 7. The number of nitrogens with zero attached hydrogens (tertiary/aromatic N) is 2. The van der Waals surface area contributed by atoms with E-state index in [0.717, 1.165) is 23.7 Å². The zero-order chi connectivity index (χ0) is 13.3. The van der Waals surface area contributed by atoms with E-state index < -0.39 is 23.2 Å². The molecule has 94 valence electrons. The maximum absolute atomic E-state index is 11.8. The molecule has 1 aromatic heterocycles. The molecule has 18 heavy (non-hydrogen) atoms. The number of rotatable bonds is 2. The van der Waals surface area contributed by atoms with Crippen molar-refractivity contribution in [1.82, 2.24) is 9.36 Å². The van der Waals surface area contributed by atoms with Gasteiger partial charge in [-0.05, 0) is 19.1 Å². The van der Waals surface area contributed by atoms with Gasteiger partial charge in [0.1, 0.15) is 5.82 Å². The van der Waals surface area contributed by atoms with Gasteiger partial charge < -0.3 is 15.3 Å². The molecular weight excluding hydrogens is 258 g/mol. The summed E-state index contributed by atoms with van der Waals surface area (Å²) in [4.78, 5) is 15.7. The normalized spacial score (nSPS) is 10.3. The minimum Gasteiger partial charge on any atom is -0.504 e. The fourth-order valence-electron chi connectivity index (χ4n) is 1.25.